The van der Waals surface area contributed by atoms with Crippen LogP contribution in [0.1, 0.15) is 68.4 Å². The van der Waals surface area contributed by atoms with Crippen LogP contribution in [0, 0.1) is 20.8 Å². The molecule has 0 bridgehead atoms. The highest BCUT2D eigenvalue weighted by Crippen LogP contribution is 2.51. The van der Waals surface area contributed by atoms with E-state index in [9.17, 15) is 0 Å². The van der Waals surface area contributed by atoms with E-state index in [0.717, 1.165) is 0 Å². The lowest BCUT2D eigenvalue weighted by Crippen LogP contribution is -2.14. The second-order valence-corrected chi connectivity index (χ2v) is 14.8. The van der Waals surface area contributed by atoms with Crippen LogP contribution < -0.4 is 0 Å². The quantitative estimate of drug-likeness (QED) is 0.164. The SMILES string of the molecule is CC1(C)c2ccccc2-c2c1ccc1ccccc21.CCCC.Cc1ccccc1-c1cccc(-c2c3ccccc3c(C)c3ccccc23)c1C. The van der Waals surface area contributed by atoms with E-state index in [1.165, 1.54) is 106 Å². The summed E-state index contributed by atoms with van der Waals surface area (Å²) in [5, 5.41) is 8.03. The fraction of sp³-hybridized carbons (Fsp3) is 0.192. The molecule has 1 aliphatic rings. The Bertz CT molecular complexity index is 2490. The van der Waals surface area contributed by atoms with Crippen LogP contribution >= 0.6 is 0 Å². The molecule has 9 rings (SSSR count). The van der Waals surface area contributed by atoms with Gasteiger partial charge in [0.05, 0.1) is 0 Å². The molecule has 52 heavy (non-hydrogen) atoms. The molecule has 0 saturated heterocycles. The standard InChI is InChI=1S/C29H24.C19H16.C4H10/c1-19-11-4-5-12-22(19)23-17-10-18-26(21(23)3)29-27-15-8-6-13-24(27)20(2)25-14-7-9-16-28(25)29;1-19(2)16-10-6-5-9-15(16)18-14-8-4-3-7-13(14)11-12-17(18)19;1-3-4-2/h4-18H,1-3H3;3-12H,1-2H3;3-4H2,1-2H3. The molecule has 0 radical (unpaired) electrons. The number of rotatable bonds is 3. The van der Waals surface area contributed by atoms with Crippen molar-refractivity contribution in [2.45, 2.75) is 66.7 Å². The summed E-state index contributed by atoms with van der Waals surface area (Å²) in [5.74, 6) is 0. The minimum absolute atomic E-state index is 0.107. The number of hydrogen-bond acceptors (Lipinski definition) is 0. The van der Waals surface area contributed by atoms with Crippen molar-refractivity contribution in [2.24, 2.45) is 0 Å². The molecule has 258 valence electrons. The first-order valence-electron chi connectivity index (χ1n) is 19.0. The summed E-state index contributed by atoms with van der Waals surface area (Å²) < 4.78 is 0. The fourth-order valence-electron chi connectivity index (χ4n) is 8.18. The molecule has 0 N–H and O–H groups in total. The van der Waals surface area contributed by atoms with Gasteiger partial charge < -0.3 is 0 Å². The van der Waals surface area contributed by atoms with Gasteiger partial charge in [0.1, 0.15) is 0 Å². The molecule has 8 aromatic carbocycles. The summed E-state index contributed by atoms with van der Waals surface area (Å²) in [7, 11) is 0. The van der Waals surface area contributed by atoms with Crippen LogP contribution in [0.2, 0.25) is 0 Å². The van der Waals surface area contributed by atoms with Gasteiger partial charge in [0.15, 0.2) is 0 Å². The monoisotopic (exact) mass is 674 g/mol. The number of aryl methyl sites for hydroxylation is 2. The molecule has 0 atom stereocenters. The lowest BCUT2D eigenvalue weighted by molar-refractivity contribution is 0.661. The zero-order valence-corrected chi connectivity index (χ0v) is 31.8. The van der Waals surface area contributed by atoms with Crippen molar-refractivity contribution in [1.82, 2.24) is 0 Å². The van der Waals surface area contributed by atoms with Crippen LogP contribution in [0.4, 0.5) is 0 Å². The van der Waals surface area contributed by atoms with Crippen molar-refractivity contribution in [3.8, 4) is 33.4 Å². The Labute approximate surface area is 310 Å². The molecule has 0 nitrogen and oxygen atoms in total. The first kappa shape index (κ1) is 35.0. The Kier molecular flexibility index (Phi) is 9.85. The van der Waals surface area contributed by atoms with Crippen LogP contribution in [-0.4, -0.2) is 0 Å². The molecule has 0 heterocycles. The third kappa shape index (κ3) is 6.11. The van der Waals surface area contributed by atoms with Gasteiger partial charge in [-0.2, -0.15) is 0 Å². The largest absolute Gasteiger partial charge is 0.0654 e. The molecule has 0 amide bonds. The van der Waals surface area contributed by atoms with E-state index in [2.05, 4.69) is 200 Å². The van der Waals surface area contributed by atoms with Crippen molar-refractivity contribution in [2.75, 3.05) is 0 Å². The first-order valence-corrected chi connectivity index (χ1v) is 19.0. The zero-order chi connectivity index (χ0) is 36.4. The van der Waals surface area contributed by atoms with Crippen molar-refractivity contribution in [3.05, 3.63) is 179 Å². The maximum atomic E-state index is 2.33. The van der Waals surface area contributed by atoms with Gasteiger partial charge in [0.2, 0.25) is 0 Å². The Balaban J connectivity index is 0.000000157. The molecule has 0 saturated carbocycles. The number of hydrogen-bond donors (Lipinski definition) is 0. The second-order valence-electron chi connectivity index (χ2n) is 14.8. The minimum atomic E-state index is 0.107. The van der Waals surface area contributed by atoms with Crippen LogP contribution in [0.15, 0.2) is 152 Å². The minimum Gasteiger partial charge on any atom is -0.0654 e. The summed E-state index contributed by atoms with van der Waals surface area (Å²) in [5.41, 5.74) is 15.1. The molecule has 0 heteroatoms. The molecule has 8 aromatic rings. The average molecular weight is 675 g/mol. The van der Waals surface area contributed by atoms with E-state index in [-0.39, 0.29) is 5.41 Å². The third-order valence-corrected chi connectivity index (χ3v) is 11.2. The summed E-state index contributed by atoms with van der Waals surface area (Å²) in [6.07, 6.45) is 2.64. The molecule has 0 spiro atoms. The van der Waals surface area contributed by atoms with E-state index in [4.69, 9.17) is 0 Å². The number of unbranched alkanes of at least 4 members (excludes halogenated alkanes) is 1. The second kappa shape index (κ2) is 14.6. The molecule has 0 unspecified atom stereocenters. The molecule has 0 aromatic heterocycles. The Morgan fingerprint density at radius 3 is 1.50 bits per heavy atom. The highest BCUT2D eigenvalue weighted by atomic mass is 14.4. The lowest BCUT2D eigenvalue weighted by atomic mass is 9.82. The third-order valence-electron chi connectivity index (χ3n) is 11.2. The predicted octanol–water partition coefficient (Wildman–Crippen LogP) is 15.2. The van der Waals surface area contributed by atoms with Gasteiger partial charge in [0.25, 0.3) is 0 Å². The van der Waals surface area contributed by atoms with Crippen molar-refractivity contribution >= 4 is 32.3 Å². The van der Waals surface area contributed by atoms with Gasteiger partial charge in [-0.3, -0.25) is 0 Å². The molecule has 0 fully saturated rings. The van der Waals surface area contributed by atoms with Crippen molar-refractivity contribution in [1.29, 1.82) is 0 Å². The number of benzene rings is 8. The lowest BCUT2D eigenvalue weighted by Gasteiger charge is -2.21. The van der Waals surface area contributed by atoms with Crippen LogP contribution in [0.3, 0.4) is 0 Å². The van der Waals surface area contributed by atoms with Gasteiger partial charge in [-0.05, 0) is 114 Å². The van der Waals surface area contributed by atoms with E-state index in [1.807, 2.05) is 0 Å². The fourth-order valence-corrected chi connectivity index (χ4v) is 8.18. The maximum Gasteiger partial charge on any atom is 0.0159 e. The smallest absolute Gasteiger partial charge is 0.0159 e. The van der Waals surface area contributed by atoms with Crippen molar-refractivity contribution < 1.29 is 0 Å². The van der Waals surface area contributed by atoms with Gasteiger partial charge in [-0.25, -0.2) is 0 Å². The summed E-state index contributed by atoms with van der Waals surface area (Å²) in [4.78, 5) is 0. The highest BCUT2D eigenvalue weighted by Gasteiger charge is 2.35. The summed E-state index contributed by atoms with van der Waals surface area (Å²) in [6.45, 7) is 15.7. The van der Waals surface area contributed by atoms with Crippen LogP contribution in [0.5, 0.6) is 0 Å². The van der Waals surface area contributed by atoms with E-state index >= 15 is 0 Å². The van der Waals surface area contributed by atoms with Gasteiger partial charge >= 0.3 is 0 Å². The Hall–Kier alpha value is -5.46. The predicted molar refractivity (Wildman–Crippen MR) is 229 cm³/mol. The van der Waals surface area contributed by atoms with Crippen molar-refractivity contribution in [3.63, 3.8) is 0 Å². The normalized spacial score (nSPS) is 12.4. The highest BCUT2D eigenvalue weighted by molar-refractivity contribution is 6.15. The summed E-state index contributed by atoms with van der Waals surface area (Å²) >= 11 is 0. The van der Waals surface area contributed by atoms with E-state index < -0.39 is 0 Å². The number of fused-ring (bicyclic) bond motifs is 7. The van der Waals surface area contributed by atoms with Crippen LogP contribution in [0.25, 0.3) is 65.7 Å². The van der Waals surface area contributed by atoms with Gasteiger partial charge in [0, 0.05) is 5.41 Å². The molecule has 0 aliphatic heterocycles. The van der Waals surface area contributed by atoms with E-state index in [1.54, 1.807) is 0 Å². The molecular weight excluding hydrogens is 625 g/mol. The Morgan fingerprint density at radius 2 is 0.865 bits per heavy atom. The average Bonchev–Trinajstić information content (AvgIpc) is 3.42. The first-order chi connectivity index (χ1) is 25.3. The zero-order valence-electron chi connectivity index (χ0n) is 31.8. The molecule has 1 aliphatic carbocycles. The summed E-state index contributed by atoms with van der Waals surface area (Å²) in [6, 6.07) is 55.1. The van der Waals surface area contributed by atoms with Gasteiger partial charge in [-0.1, -0.05) is 192 Å². The Morgan fingerprint density at radius 1 is 0.365 bits per heavy atom. The maximum absolute atomic E-state index is 2.33. The topological polar surface area (TPSA) is 0 Å². The van der Waals surface area contributed by atoms with Crippen LogP contribution in [-0.2, 0) is 5.41 Å². The molecular formula is C52H50. The van der Waals surface area contributed by atoms with E-state index in [0.29, 0.717) is 0 Å². The van der Waals surface area contributed by atoms with Gasteiger partial charge in [-0.15, -0.1) is 0 Å².